The molecular weight excluding hydrogens is 573 g/mol. The first-order valence-corrected chi connectivity index (χ1v) is 14.3. The zero-order valence-electron chi connectivity index (χ0n) is 24.0. The number of rotatable bonds is 13. The lowest BCUT2D eigenvalue weighted by Crippen LogP contribution is -2.36. The zero-order valence-corrected chi connectivity index (χ0v) is 25.0. The van der Waals surface area contributed by atoms with E-state index in [4.69, 9.17) is 21.0 Å². The van der Waals surface area contributed by atoms with E-state index in [-0.39, 0.29) is 24.3 Å². The average Bonchev–Trinajstić information content (AvgIpc) is 3.00. The Morgan fingerprint density at radius 1 is 1.07 bits per heavy atom. The molecule has 1 amide bonds. The highest BCUT2D eigenvalue weighted by Gasteiger charge is 2.31. The number of ether oxygens (including phenoxy) is 1. The number of amides is 1. The van der Waals surface area contributed by atoms with Gasteiger partial charge in [0.1, 0.15) is 0 Å². The number of para-hydroxylation sites is 1. The van der Waals surface area contributed by atoms with Gasteiger partial charge in [0.15, 0.2) is 28.8 Å². The first kappa shape index (κ1) is 31.0. The number of nitrogens with one attached hydrogen (secondary N) is 1. The molecule has 0 saturated carbocycles. The summed E-state index contributed by atoms with van der Waals surface area (Å²) in [5.41, 5.74) is 15.1. The van der Waals surface area contributed by atoms with Crippen LogP contribution in [0.5, 0.6) is 5.75 Å². The quantitative estimate of drug-likeness (QED) is 0.114. The second-order valence-corrected chi connectivity index (χ2v) is 10.1. The van der Waals surface area contributed by atoms with E-state index >= 15 is 0 Å². The third-order valence-electron chi connectivity index (χ3n) is 6.39. The Morgan fingerprint density at radius 2 is 1.81 bits per heavy atom. The van der Waals surface area contributed by atoms with Gasteiger partial charge in [-0.1, -0.05) is 18.2 Å². The van der Waals surface area contributed by atoms with Crippen molar-refractivity contribution < 1.29 is 23.7 Å². The van der Waals surface area contributed by atoms with Gasteiger partial charge >= 0.3 is 14.6 Å². The van der Waals surface area contributed by atoms with Crippen molar-refractivity contribution in [2.45, 2.75) is 32.9 Å². The number of nitrogens with zero attached hydrogens (tertiary/aromatic N) is 6. The second kappa shape index (κ2) is 14.3. The van der Waals surface area contributed by atoms with E-state index < -0.39 is 20.6 Å². The minimum absolute atomic E-state index is 0.0389. The summed E-state index contributed by atoms with van der Waals surface area (Å²) in [4.78, 5) is 50.4. The molecule has 14 nitrogen and oxygen atoms in total. The SMILES string of the molecule is CCOC(=O)C(C)N(Oc1ccccc1CCNC(=O)c1ccc(N(C)Cc2cnc3nc(N)nc(N)c3n2)cc1)[PH+]=O. The minimum atomic E-state index is -1.02. The third-order valence-corrected chi connectivity index (χ3v) is 7.05. The first-order valence-electron chi connectivity index (χ1n) is 13.4. The topological polar surface area (TPSA) is 192 Å². The molecule has 0 aliphatic heterocycles. The van der Waals surface area contributed by atoms with E-state index in [1.807, 2.05) is 36.2 Å². The summed E-state index contributed by atoms with van der Waals surface area (Å²) < 4.78 is 16.7. The van der Waals surface area contributed by atoms with E-state index in [0.29, 0.717) is 47.7 Å². The van der Waals surface area contributed by atoms with Crippen LogP contribution in [0, 0.1) is 0 Å². The van der Waals surface area contributed by atoms with Crippen molar-refractivity contribution >= 4 is 49.1 Å². The summed E-state index contributed by atoms with van der Waals surface area (Å²) in [6.45, 7) is 4.21. The molecule has 5 N–H and O–H groups in total. The van der Waals surface area contributed by atoms with Crippen molar-refractivity contribution in [3.05, 3.63) is 71.5 Å². The van der Waals surface area contributed by atoms with Gasteiger partial charge in [-0.3, -0.25) is 9.59 Å². The monoisotopic (exact) mass is 606 g/mol. The predicted octanol–water partition coefficient (Wildman–Crippen LogP) is 2.68. The summed E-state index contributed by atoms with van der Waals surface area (Å²) in [6, 6.07) is 13.4. The molecule has 4 rings (SSSR count). The van der Waals surface area contributed by atoms with E-state index in [9.17, 15) is 14.2 Å². The van der Waals surface area contributed by atoms with Gasteiger partial charge in [-0.15, -0.1) is 0 Å². The maximum Gasteiger partial charge on any atom is 0.457 e. The third kappa shape index (κ3) is 7.87. The van der Waals surface area contributed by atoms with Gasteiger partial charge in [-0.2, -0.15) is 9.97 Å². The average molecular weight is 607 g/mol. The molecule has 0 saturated heterocycles. The van der Waals surface area contributed by atoms with Gasteiger partial charge in [0.05, 0.1) is 29.9 Å². The summed E-state index contributed by atoms with van der Waals surface area (Å²) in [7, 11) is 0.871. The number of esters is 1. The number of carbonyl (C=O) groups is 2. The molecule has 2 unspecified atom stereocenters. The van der Waals surface area contributed by atoms with Gasteiger partial charge < -0.3 is 31.3 Å². The fourth-order valence-corrected chi connectivity index (χ4v) is 4.51. The van der Waals surface area contributed by atoms with Crippen LogP contribution in [-0.4, -0.2) is 62.9 Å². The highest BCUT2D eigenvalue weighted by atomic mass is 31.1. The standard InChI is InChI=1S/C28H32N9O5P/c1-4-41-27(39)17(2)37(43-40)42-22-8-6-5-7-18(22)13-14-31-26(38)19-9-11-21(12-10-19)36(3)16-20-15-32-25-23(33-20)24(29)34-28(30)35-25/h5-12,15,17H,4,13-14,16H2,1-3H3,(H,31,38)(H4,29,30,32,34,35)/p+1. The molecule has 15 heteroatoms. The van der Waals surface area contributed by atoms with Crippen LogP contribution in [0.15, 0.2) is 54.7 Å². The van der Waals surface area contributed by atoms with E-state index in [0.717, 1.165) is 16.1 Å². The van der Waals surface area contributed by atoms with Gasteiger partial charge in [-0.25, -0.2) is 9.97 Å². The van der Waals surface area contributed by atoms with E-state index in [1.165, 1.54) is 0 Å². The molecule has 2 aromatic heterocycles. The first-order chi connectivity index (χ1) is 20.7. The number of fused-ring (bicyclic) bond motifs is 1. The summed E-state index contributed by atoms with van der Waals surface area (Å²) in [6.07, 6.45) is 2.05. The molecule has 0 bridgehead atoms. The Labute approximate surface area is 249 Å². The molecule has 43 heavy (non-hydrogen) atoms. The van der Waals surface area contributed by atoms with Crippen molar-refractivity contribution in [2.24, 2.45) is 0 Å². The molecule has 224 valence electrons. The van der Waals surface area contributed by atoms with Crippen LogP contribution in [-0.2, 0) is 27.1 Å². The number of hydrogen-bond acceptors (Lipinski definition) is 12. The molecule has 0 aliphatic carbocycles. The fourth-order valence-electron chi connectivity index (χ4n) is 4.11. The normalized spacial score (nSPS) is 11.8. The fraction of sp³-hybridized carbons (Fsp3) is 0.286. The minimum Gasteiger partial charge on any atom is -0.465 e. The van der Waals surface area contributed by atoms with Gasteiger partial charge in [0.2, 0.25) is 5.95 Å². The van der Waals surface area contributed by atoms with Gasteiger partial charge in [0, 0.05) is 24.8 Å². The molecule has 0 fully saturated rings. The zero-order chi connectivity index (χ0) is 30.9. The maximum atomic E-state index is 12.8. The van der Waals surface area contributed by atoms with Crippen molar-refractivity contribution in [1.29, 1.82) is 0 Å². The van der Waals surface area contributed by atoms with Crippen molar-refractivity contribution in [3.8, 4) is 5.75 Å². The van der Waals surface area contributed by atoms with Gasteiger partial charge in [-0.05, 0) is 60.7 Å². The summed E-state index contributed by atoms with van der Waals surface area (Å²) in [5, 5.41) is 2.91. The Bertz CT molecular complexity index is 1610. The van der Waals surface area contributed by atoms with Crippen LogP contribution < -0.4 is 26.5 Å². The van der Waals surface area contributed by atoms with Crippen LogP contribution in [0.4, 0.5) is 17.5 Å². The highest BCUT2D eigenvalue weighted by molar-refractivity contribution is 7.20. The molecule has 0 aliphatic rings. The van der Waals surface area contributed by atoms with Crippen molar-refractivity contribution in [2.75, 3.05) is 36.6 Å². The maximum absolute atomic E-state index is 12.8. The molecule has 2 aromatic carbocycles. The number of nitrogen functional groups attached to an aromatic ring is 2. The number of hydroxylamine groups is 1. The molecule has 2 heterocycles. The van der Waals surface area contributed by atoms with E-state index in [1.54, 1.807) is 44.3 Å². The van der Waals surface area contributed by atoms with Crippen LogP contribution in [0.25, 0.3) is 11.2 Å². The van der Waals surface area contributed by atoms with Crippen molar-refractivity contribution in [1.82, 2.24) is 30.1 Å². The Balaban J connectivity index is 1.32. The number of benzene rings is 2. The highest BCUT2D eigenvalue weighted by Crippen LogP contribution is 2.24. The largest absolute Gasteiger partial charge is 0.465 e. The smallest absolute Gasteiger partial charge is 0.457 e. The van der Waals surface area contributed by atoms with Crippen LogP contribution in [0.2, 0.25) is 0 Å². The Kier molecular flexibility index (Phi) is 10.3. The number of carbonyl (C=O) groups excluding carboxylic acids is 2. The van der Waals surface area contributed by atoms with Crippen molar-refractivity contribution in [3.63, 3.8) is 0 Å². The van der Waals surface area contributed by atoms with E-state index in [2.05, 4.69) is 25.3 Å². The molecule has 4 aromatic rings. The lowest BCUT2D eigenvalue weighted by molar-refractivity contribution is -0.153. The predicted molar refractivity (Wildman–Crippen MR) is 163 cm³/mol. The second-order valence-electron chi connectivity index (χ2n) is 9.45. The number of anilines is 3. The van der Waals surface area contributed by atoms with Crippen LogP contribution in [0.1, 0.15) is 35.5 Å². The number of hydrogen-bond donors (Lipinski definition) is 3. The van der Waals surface area contributed by atoms with Gasteiger partial charge in [0.25, 0.3) is 5.91 Å². The molecule has 0 spiro atoms. The number of nitrogens with two attached hydrogens (primary N) is 2. The Hall–Kier alpha value is -4.94. The molecule has 0 radical (unpaired) electrons. The van der Waals surface area contributed by atoms with Crippen LogP contribution in [0.3, 0.4) is 0 Å². The molecule has 2 atom stereocenters. The lowest BCUT2D eigenvalue weighted by Gasteiger charge is -2.19. The lowest BCUT2D eigenvalue weighted by atomic mass is 10.1. The summed E-state index contributed by atoms with van der Waals surface area (Å²) in [5.74, 6) is -0.141. The van der Waals surface area contributed by atoms with Crippen LogP contribution >= 0.6 is 8.61 Å². The summed E-state index contributed by atoms with van der Waals surface area (Å²) >= 11 is 0. The number of aromatic nitrogens is 4. The molecular formula is C28H33N9O5P+. The Morgan fingerprint density at radius 3 is 2.53 bits per heavy atom.